The van der Waals surface area contributed by atoms with Gasteiger partial charge < -0.3 is 22.1 Å². The lowest BCUT2D eigenvalue weighted by molar-refractivity contribution is -0.119. The molecule has 6 N–H and O–H groups in total. The van der Waals surface area contributed by atoms with E-state index in [0.717, 1.165) is 0 Å². The molecule has 0 radical (unpaired) electrons. The number of aromatic nitrogens is 1. The van der Waals surface area contributed by atoms with E-state index in [1.807, 2.05) is 13.8 Å². The van der Waals surface area contributed by atoms with Gasteiger partial charge in [-0.25, -0.2) is 4.98 Å². The van der Waals surface area contributed by atoms with E-state index in [-0.39, 0.29) is 24.3 Å². The lowest BCUT2D eigenvalue weighted by Gasteiger charge is -2.10. The van der Waals surface area contributed by atoms with Crippen LogP contribution in [0, 0.1) is 0 Å². The molecule has 6 nitrogen and oxygen atoms in total. The predicted octanol–water partition coefficient (Wildman–Crippen LogP) is 0.183. The first-order chi connectivity index (χ1) is 7.49. The summed E-state index contributed by atoms with van der Waals surface area (Å²) in [5.41, 5.74) is 11.5. The zero-order valence-electron chi connectivity index (χ0n) is 9.45. The molecule has 1 rings (SSSR count). The van der Waals surface area contributed by atoms with Crippen molar-refractivity contribution in [3.05, 3.63) is 12.1 Å². The van der Waals surface area contributed by atoms with Crippen LogP contribution in [0.25, 0.3) is 0 Å². The summed E-state index contributed by atoms with van der Waals surface area (Å²) in [5, 5.41) is 5.61. The highest BCUT2D eigenvalue weighted by molar-refractivity contribution is 5.80. The minimum absolute atomic E-state index is 0.0906. The molecule has 1 aromatic heterocycles. The summed E-state index contributed by atoms with van der Waals surface area (Å²) in [5.74, 6) is 0.701. The molecule has 0 aliphatic heterocycles. The molecule has 6 heteroatoms. The molecule has 88 valence electrons. The average molecular weight is 223 g/mol. The number of hydrogen-bond acceptors (Lipinski definition) is 5. The average Bonchev–Trinajstić information content (AvgIpc) is 2.19. The first-order valence-corrected chi connectivity index (χ1v) is 5.04. The number of rotatable bonds is 4. The van der Waals surface area contributed by atoms with E-state index < -0.39 is 0 Å². The number of nitrogens with one attached hydrogen (secondary N) is 2. The van der Waals surface area contributed by atoms with Gasteiger partial charge in [0.05, 0.1) is 12.2 Å². The fourth-order valence-corrected chi connectivity index (χ4v) is 1.13. The van der Waals surface area contributed by atoms with Crippen LogP contribution in [0.5, 0.6) is 0 Å². The fraction of sp³-hybridized carbons (Fsp3) is 0.400. The SMILES string of the molecule is CC(C)NC(=O)CNc1ccc(N)c(N)n1. The van der Waals surface area contributed by atoms with Gasteiger partial charge in [0.2, 0.25) is 5.91 Å². The topological polar surface area (TPSA) is 106 Å². The number of carbonyl (C=O) groups is 1. The predicted molar refractivity (Wildman–Crippen MR) is 64.8 cm³/mol. The Morgan fingerprint density at radius 3 is 2.69 bits per heavy atom. The lowest BCUT2D eigenvalue weighted by Crippen LogP contribution is -2.34. The van der Waals surface area contributed by atoms with Crippen molar-refractivity contribution in [1.29, 1.82) is 0 Å². The summed E-state index contributed by atoms with van der Waals surface area (Å²) < 4.78 is 0. The maximum atomic E-state index is 11.3. The Balaban J connectivity index is 2.48. The van der Waals surface area contributed by atoms with Crippen LogP contribution >= 0.6 is 0 Å². The molecule has 0 fully saturated rings. The van der Waals surface area contributed by atoms with Gasteiger partial charge in [-0.1, -0.05) is 0 Å². The summed E-state index contributed by atoms with van der Waals surface area (Å²) in [7, 11) is 0. The van der Waals surface area contributed by atoms with Gasteiger partial charge in [0, 0.05) is 6.04 Å². The van der Waals surface area contributed by atoms with Gasteiger partial charge in [-0.3, -0.25) is 4.79 Å². The summed E-state index contributed by atoms with van der Waals surface area (Å²) in [6, 6.07) is 3.44. The largest absolute Gasteiger partial charge is 0.396 e. The van der Waals surface area contributed by atoms with Crippen molar-refractivity contribution in [3.63, 3.8) is 0 Å². The minimum Gasteiger partial charge on any atom is -0.396 e. The number of nitrogens with zero attached hydrogens (tertiary/aromatic N) is 1. The van der Waals surface area contributed by atoms with Crippen LogP contribution in [0.2, 0.25) is 0 Å². The molecule has 0 unspecified atom stereocenters. The summed E-state index contributed by atoms with van der Waals surface area (Å²) in [6.07, 6.45) is 0. The molecule has 0 aromatic carbocycles. The Labute approximate surface area is 94.4 Å². The molecule has 16 heavy (non-hydrogen) atoms. The molecule has 0 bridgehead atoms. The van der Waals surface area contributed by atoms with Crippen LogP contribution in [0.15, 0.2) is 12.1 Å². The second-order valence-electron chi connectivity index (χ2n) is 3.75. The highest BCUT2D eigenvalue weighted by Crippen LogP contribution is 2.13. The molecule has 1 amide bonds. The fourth-order valence-electron chi connectivity index (χ4n) is 1.13. The van der Waals surface area contributed by atoms with E-state index >= 15 is 0 Å². The van der Waals surface area contributed by atoms with Gasteiger partial charge in [-0.15, -0.1) is 0 Å². The van der Waals surface area contributed by atoms with E-state index in [9.17, 15) is 4.79 Å². The number of amides is 1. The molecular weight excluding hydrogens is 206 g/mol. The zero-order valence-corrected chi connectivity index (χ0v) is 9.45. The number of nitrogen functional groups attached to an aromatic ring is 2. The molecule has 0 aliphatic carbocycles. The lowest BCUT2D eigenvalue weighted by atomic mass is 10.3. The number of hydrogen-bond donors (Lipinski definition) is 4. The Bertz CT molecular complexity index is 377. The Morgan fingerprint density at radius 1 is 1.44 bits per heavy atom. The van der Waals surface area contributed by atoms with Crippen molar-refractivity contribution in [3.8, 4) is 0 Å². The molecule has 0 aliphatic rings. The molecule has 1 heterocycles. The standard InChI is InChI=1S/C10H17N5O/c1-6(2)14-9(16)5-13-8-4-3-7(11)10(12)15-8/h3-4,6H,5,11H2,1-2H3,(H,14,16)(H3,12,13,15). The number of nitrogens with two attached hydrogens (primary N) is 2. The maximum absolute atomic E-state index is 11.3. The van der Waals surface area contributed by atoms with E-state index in [2.05, 4.69) is 15.6 Å². The van der Waals surface area contributed by atoms with Crippen LogP contribution in [0.3, 0.4) is 0 Å². The van der Waals surface area contributed by atoms with Gasteiger partial charge in [0.1, 0.15) is 11.6 Å². The van der Waals surface area contributed by atoms with Crippen LogP contribution in [0.4, 0.5) is 17.3 Å². The van der Waals surface area contributed by atoms with Crippen molar-refractivity contribution in [1.82, 2.24) is 10.3 Å². The number of carbonyl (C=O) groups excluding carboxylic acids is 1. The third-order valence-electron chi connectivity index (χ3n) is 1.84. The first-order valence-electron chi connectivity index (χ1n) is 5.04. The van der Waals surface area contributed by atoms with Crippen molar-refractivity contribution >= 4 is 23.2 Å². The molecule has 0 atom stereocenters. The second kappa shape index (κ2) is 5.20. The minimum atomic E-state index is -0.0906. The summed E-state index contributed by atoms with van der Waals surface area (Å²) >= 11 is 0. The second-order valence-corrected chi connectivity index (χ2v) is 3.75. The summed E-state index contributed by atoms with van der Waals surface area (Å²) in [6.45, 7) is 3.96. The van der Waals surface area contributed by atoms with Crippen LogP contribution in [0.1, 0.15) is 13.8 Å². The van der Waals surface area contributed by atoms with Crippen molar-refractivity contribution in [2.24, 2.45) is 0 Å². The molecule has 1 aromatic rings. The van der Waals surface area contributed by atoms with Crippen LogP contribution in [-0.2, 0) is 4.79 Å². The third-order valence-corrected chi connectivity index (χ3v) is 1.84. The highest BCUT2D eigenvalue weighted by Gasteiger charge is 2.04. The smallest absolute Gasteiger partial charge is 0.239 e. The molecule has 0 spiro atoms. The van der Waals surface area contributed by atoms with Gasteiger partial charge in [-0.05, 0) is 26.0 Å². The molecule has 0 saturated carbocycles. The van der Waals surface area contributed by atoms with Gasteiger partial charge in [0.25, 0.3) is 0 Å². The van der Waals surface area contributed by atoms with E-state index in [1.165, 1.54) is 0 Å². The number of anilines is 3. The number of pyridine rings is 1. The molecular formula is C10H17N5O. The Morgan fingerprint density at radius 2 is 2.12 bits per heavy atom. The Kier molecular flexibility index (Phi) is 3.93. The quantitative estimate of drug-likeness (QED) is 0.582. The molecule has 0 saturated heterocycles. The first kappa shape index (κ1) is 12.1. The van der Waals surface area contributed by atoms with Crippen molar-refractivity contribution < 1.29 is 4.79 Å². The summed E-state index contributed by atoms with van der Waals surface area (Å²) in [4.78, 5) is 15.3. The van der Waals surface area contributed by atoms with Gasteiger partial charge in [-0.2, -0.15) is 0 Å². The highest BCUT2D eigenvalue weighted by atomic mass is 16.1. The zero-order chi connectivity index (χ0) is 12.1. The van der Waals surface area contributed by atoms with E-state index in [0.29, 0.717) is 11.5 Å². The Hall–Kier alpha value is -1.98. The van der Waals surface area contributed by atoms with Crippen LogP contribution < -0.4 is 22.1 Å². The van der Waals surface area contributed by atoms with Gasteiger partial charge in [0.15, 0.2) is 0 Å². The normalized spacial score (nSPS) is 10.2. The van der Waals surface area contributed by atoms with Crippen molar-refractivity contribution in [2.45, 2.75) is 19.9 Å². The van der Waals surface area contributed by atoms with E-state index in [4.69, 9.17) is 11.5 Å². The maximum Gasteiger partial charge on any atom is 0.239 e. The van der Waals surface area contributed by atoms with Crippen LogP contribution in [-0.4, -0.2) is 23.5 Å². The third kappa shape index (κ3) is 3.64. The van der Waals surface area contributed by atoms with E-state index in [1.54, 1.807) is 12.1 Å². The van der Waals surface area contributed by atoms with Crippen molar-refractivity contribution in [2.75, 3.05) is 23.3 Å². The van der Waals surface area contributed by atoms with Gasteiger partial charge >= 0.3 is 0 Å². The monoisotopic (exact) mass is 223 g/mol.